The number of nitrogens with zero attached hydrogens (tertiary/aromatic N) is 1. The highest BCUT2D eigenvalue weighted by Gasteiger charge is 2.18. The smallest absolute Gasteiger partial charge is 0.248 e. The lowest BCUT2D eigenvalue weighted by Crippen LogP contribution is -2.15. The number of hydrogen-bond acceptors (Lipinski definition) is 6. The molecule has 2 aromatic carbocycles. The summed E-state index contributed by atoms with van der Waals surface area (Å²) in [5, 5.41) is 0. The Morgan fingerprint density at radius 1 is 1.13 bits per heavy atom. The van der Waals surface area contributed by atoms with Crippen molar-refractivity contribution in [3.05, 3.63) is 89.7 Å². The first-order chi connectivity index (χ1) is 15.0. The molecular formula is C24H26N2O4S. The van der Waals surface area contributed by atoms with Crippen LogP contribution in [0.3, 0.4) is 0 Å². The summed E-state index contributed by atoms with van der Waals surface area (Å²) in [5.74, 6) is 2.01. The SMILES string of the molecule is CCS.NC(=O)c1ccccc1.O=C1CCOc2cc(OCc3ccncc3)ccc21. The van der Waals surface area contributed by atoms with Gasteiger partial charge >= 0.3 is 0 Å². The molecule has 0 saturated carbocycles. The molecule has 0 unspecified atom stereocenters. The van der Waals surface area contributed by atoms with Gasteiger partial charge in [0.1, 0.15) is 18.1 Å². The van der Waals surface area contributed by atoms with Crippen LogP contribution in [0.2, 0.25) is 0 Å². The average molecular weight is 439 g/mol. The van der Waals surface area contributed by atoms with Crippen molar-refractivity contribution in [3.8, 4) is 11.5 Å². The Labute approximate surface area is 187 Å². The van der Waals surface area contributed by atoms with Crippen LogP contribution >= 0.6 is 12.6 Å². The number of aromatic nitrogens is 1. The number of Topliss-reactive ketones (excluding diaryl/α,β-unsaturated/α-hetero) is 1. The van der Waals surface area contributed by atoms with E-state index in [-0.39, 0.29) is 11.7 Å². The Bertz CT molecular complexity index is 966. The largest absolute Gasteiger partial charge is 0.492 e. The summed E-state index contributed by atoms with van der Waals surface area (Å²) in [6, 6.07) is 17.9. The van der Waals surface area contributed by atoms with Gasteiger partial charge in [-0.1, -0.05) is 25.1 Å². The minimum Gasteiger partial charge on any atom is -0.492 e. The summed E-state index contributed by atoms with van der Waals surface area (Å²) in [6.45, 7) is 2.90. The fraction of sp³-hybridized carbons (Fsp3) is 0.208. The van der Waals surface area contributed by atoms with Crippen LogP contribution in [0, 0.1) is 0 Å². The number of rotatable bonds is 4. The minimum absolute atomic E-state index is 0.127. The maximum atomic E-state index is 11.6. The molecule has 1 aliphatic rings. The summed E-state index contributed by atoms with van der Waals surface area (Å²) in [5.41, 5.74) is 7.22. The van der Waals surface area contributed by atoms with Gasteiger partial charge < -0.3 is 15.2 Å². The number of ketones is 1. The minimum atomic E-state index is -0.379. The number of benzene rings is 2. The van der Waals surface area contributed by atoms with Gasteiger partial charge in [0.05, 0.1) is 12.2 Å². The number of carbonyl (C=O) groups excluding carboxylic acids is 2. The van der Waals surface area contributed by atoms with Gasteiger partial charge in [-0.15, -0.1) is 0 Å². The second-order valence-electron chi connectivity index (χ2n) is 6.37. The van der Waals surface area contributed by atoms with Crippen LogP contribution in [0.1, 0.15) is 39.6 Å². The molecule has 162 valence electrons. The molecule has 1 aliphatic heterocycles. The molecule has 0 atom stereocenters. The molecule has 7 heteroatoms. The quantitative estimate of drug-likeness (QED) is 0.591. The highest BCUT2D eigenvalue weighted by atomic mass is 32.1. The van der Waals surface area contributed by atoms with Crippen molar-refractivity contribution in [1.82, 2.24) is 4.98 Å². The van der Waals surface area contributed by atoms with E-state index in [1.165, 1.54) is 0 Å². The lowest BCUT2D eigenvalue weighted by Gasteiger charge is -2.17. The Hall–Kier alpha value is -3.32. The molecule has 1 aromatic heterocycles. The topological polar surface area (TPSA) is 91.5 Å². The average Bonchev–Trinajstić information content (AvgIpc) is 2.80. The third-order valence-electron chi connectivity index (χ3n) is 4.05. The Balaban J connectivity index is 0.000000238. The van der Waals surface area contributed by atoms with E-state index < -0.39 is 0 Å². The molecule has 3 aromatic rings. The highest BCUT2D eigenvalue weighted by Crippen LogP contribution is 2.29. The van der Waals surface area contributed by atoms with Gasteiger partial charge in [0.2, 0.25) is 5.91 Å². The molecule has 4 rings (SSSR count). The second kappa shape index (κ2) is 13.1. The predicted octanol–water partition coefficient (Wildman–Crippen LogP) is 4.35. The zero-order valence-electron chi connectivity index (χ0n) is 17.4. The van der Waals surface area contributed by atoms with Gasteiger partial charge in [0, 0.05) is 30.4 Å². The number of amides is 1. The number of hydrogen-bond donors (Lipinski definition) is 2. The van der Waals surface area contributed by atoms with Crippen LogP contribution in [-0.4, -0.2) is 29.0 Å². The Kier molecular flexibility index (Phi) is 10.1. The van der Waals surface area contributed by atoms with E-state index in [9.17, 15) is 9.59 Å². The molecule has 1 amide bonds. The molecule has 0 bridgehead atoms. The van der Waals surface area contributed by atoms with Gasteiger partial charge in [0.25, 0.3) is 0 Å². The summed E-state index contributed by atoms with van der Waals surface area (Å²) < 4.78 is 11.2. The standard InChI is InChI=1S/C15H13NO3.C7H7NO.C2H6S/c17-14-5-8-18-15-9-12(1-2-13(14)15)19-10-11-3-6-16-7-4-11;8-7(9)6-4-2-1-3-5-6;1-2-3/h1-4,6-7,9H,5,8,10H2;1-5H,(H2,8,9);3H,2H2,1H3. The van der Waals surface area contributed by atoms with Crippen molar-refractivity contribution in [2.75, 3.05) is 12.4 Å². The lowest BCUT2D eigenvalue weighted by atomic mass is 10.1. The molecule has 0 spiro atoms. The number of carbonyl (C=O) groups is 2. The first kappa shape index (κ1) is 24.0. The molecular weight excluding hydrogens is 412 g/mol. The zero-order chi connectivity index (χ0) is 22.5. The van der Waals surface area contributed by atoms with Crippen molar-refractivity contribution in [2.24, 2.45) is 5.73 Å². The third kappa shape index (κ3) is 8.14. The number of nitrogens with two attached hydrogens (primary N) is 1. The molecule has 0 radical (unpaired) electrons. The van der Waals surface area contributed by atoms with E-state index >= 15 is 0 Å². The van der Waals surface area contributed by atoms with Crippen molar-refractivity contribution >= 4 is 24.3 Å². The third-order valence-corrected chi connectivity index (χ3v) is 4.05. The van der Waals surface area contributed by atoms with Crippen molar-refractivity contribution in [1.29, 1.82) is 0 Å². The number of thiol groups is 1. The molecule has 2 N–H and O–H groups in total. The van der Waals surface area contributed by atoms with Crippen LogP contribution in [-0.2, 0) is 6.61 Å². The summed E-state index contributed by atoms with van der Waals surface area (Å²) in [4.78, 5) is 26.0. The van der Waals surface area contributed by atoms with E-state index in [2.05, 4.69) is 17.6 Å². The van der Waals surface area contributed by atoms with Gasteiger partial charge in [-0.2, -0.15) is 12.6 Å². The lowest BCUT2D eigenvalue weighted by molar-refractivity contribution is 0.0932. The van der Waals surface area contributed by atoms with Gasteiger partial charge in [-0.25, -0.2) is 0 Å². The van der Waals surface area contributed by atoms with E-state index in [1.54, 1.807) is 54.9 Å². The number of primary amides is 1. The van der Waals surface area contributed by atoms with Crippen molar-refractivity contribution in [2.45, 2.75) is 20.0 Å². The molecule has 31 heavy (non-hydrogen) atoms. The van der Waals surface area contributed by atoms with Gasteiger partial charge in [-0.3, -0.25) is 14.6 Å². The normalized spacial score (nSPS) is 11.5. The molecule has 6 nitrogen and oxygen atoms in total. The number of fused-ring (bicyclic) bond motifs is 1. The van der Waals surface area contributed by atoms with Crippen molar-refractivity contribution in [3.63, 3.8) is 0 Å². The van der Waals surface area contributed by atoms with E-state index in [0.717, 1.165) is 11.3 Å². The van der Waals surface area contributed by atoms with Crippen LogP contribution in [0.5, 0.6) is 11.5 Å². The van der Waals surface area contributed by atoms with Gasteiger partial charge in [-0.05, 0) is 47.7 Å². The molecule has 2 heterocycles. The van der Waals surface area contributed by atoms with E-state index in [0.29, 0.717) is 42.3 Å². The first-order valence-electron chi connectivity index (χ1n) is 9.82. The fourth-order valence-corrected chi connectivity index (χ4v) is 2.58. The fourth-order valence-electron chi connectivity index (χ4n) is 2.58. The van der Waals surface area contributed by atoms with E-state index in [1.807, 2.05) is 25.1 Å². The maximum absolute atomic E-state index is 11.6. The highest BCUT2D eigenvalue weighted by molar-refractivity contribution is 7.80. The van der Waals surface area contributed by atoms with Crippen LogP contribution in [0.4, 0.5) is 0 Å². The number of pyridine rings is 1. The molecule has 0 saturated heterocycles. The van der Waals surface area contributed by atoms with Crippen molar-refractivity contribution < 1.29 is 19.1 Å². The van der Waals surface area contributed by atoms with E-state index in [4.69, 9.17) is 15.2 Å². The maximum Gasteiger partial charge on any atom is 0.248 e. The van der Waals surface area contributed by atoms with Gasteiger partial charge in [0.15, 0.2) is 5.78 Å². The zero-order valence-corrected chi connectivity index (χ0v) is 18.3. The summed E-state index contributed by atoms with van der Waals surface area (Å²) in [6.07, 6.45) is 3.91. The summed E-state index contributed by atoms with van der Waals surface area (Å²) >= 11 is 3.79. The molecule has 0 aliphatic carbocycles. The first-order valence-corrected chi connectivity index (χ1v) is 10.5. The Morgan fingerprint density at radius 3 is 2.42 bits per heavy atom. The van der Waals surface area contributed by atoms with Crippen LogP contribution in [0.25, 0.3) is 0 Å². The van der Waals surface area contributed by atoms with Crippen LogP contribution in [0.15, 0.2) is 73.1 Å². The molecule has 0 fully saturated rings. The number of ether oxygens (including phenoxy) is 2. The predicted molar refractivity (Wildman–Crippen MR) is 124 cm³/mol. The summed E-state index contributed by atoms with van der Waals surface area (Å²) in [7, 11) is 0. The van der Waals surface area contributed by atoms with Crippen LogP contribution < -0.4 is 15.2 Å². The Morgan fingerprint density at radius 2 is 1.81 bits per heavy atom. The monoisotopic (exact) mass is 438 g/mol. The second-order valence-corrected chi connectivity index (χ2v) is 7.00.